The first-order chi connectivity index (χ1) is 19.5. The van der Waals surface area contributed by atoms with Gasteiger partial charge < -0.3 is 9.64 Å². The maximum atomic E-state index is 14.3. The van der Waals surface area contributed by atoms with Crippen molar-refractivity contribution in [1.82, 2.24) is 0 Å². The molecule has 0 spiro atoms. The zero-order chi connectivity index (χ0) is 29.9. The summed E-state index contributed by atoms with van der Waals surface area (Å²) in [4.78, 5) is 44.1. The topological polar surface area (TPSA) is 90.7 Å². The molecule has 1 aliphatic rings. The maximum Gasteiger partial charge on any atom is 0.416 e. The molecular weight excluding hydrogens is 535 g/mol. The Morgan fingerprint density at radius 1 is 1.02 bits per heavy atom. The fraction of sp³-hybridized carbons (Fsp3) is 0.226. The molecule has 2 amide bonds. The predicted molar refractivity (Wildman–Crippen MR) is 146 cm³/mol. The Kier molecular flexibility index (Phi) is 8.28. The number of benzene rings is 3. The maximum absolute atomic E-state index is 14.3. The van der Waals surface area contributed by atoms with Gasteiger partial charge in [0.25, 0.3) is 0 Å². The Morgan fingerprint density at radius 2 is 1.68 bits per heavy atom. The molecule has 2 atom stereocenters. The Morgan fingerprint density at radius 3 is 2.27 bits per heavy atom. The van der Waals surface area contributed by atoms with Gasteiger partial charge in [0, 0.05) is 30.0 Å². The minimum atomic E-state index is -4.69. The Bertz CT molecular complexity index is 1540. The van der Waals surface area contributed by atoms with Gasteiger partial charge in [0.15, 0.2) is 0 Å². The lowest BCUT2D eigenvalue weighted by atomic mass is 9.75. The molecule has 0 saturated heterocycles. The highest BCUT2D eigenvalue weighted by atomic mass is 19.4. The van der Waals surface area contributed by atoms with Crippen molar-refractivity contribution in [2.24, 2.45) is 5.92 Å². The Labute approximate surface area is 235 Å². The van der Waals surface area contributed by atoms with Crippen molar-refractivity contribution < 1.29 is 32.3 Å². The van der Waals surface area contributed by atoms with Gasteiger partial charge in [-0.25, -0.2) is 4.79 Å². The van der Waals surface area contributed by atoms with Crippen LogP contribution in [-0.2, 0) is 25.3 Å². The highest BCUT2D eigenvalue weighted by molar-refractivity contribution is 6.17. The van der Waals surface area contributed by atoms with E-state index < -0.39 is 41.4 Å². The fourth-order valence-electron chi connectivity index (χ4n) is 4.94. The summed E-state index contributed by atoms with van der Waals surface area (Å²) in [6.45, 7) is 3.01. The molecule has 3 aromatic carbocycles. The summed E-state index contributed by atoms with van der Waals surface area (Å²) < 4.78 is 46.1. The summed E-state index contributed by atoms with van der Waals surface area (Å²) in [5, 5.41) is 9.28. The number of para-hydroxylation sites is 1. The summed E-state index contributed by atoms with van der Waals surface area (Å²) in [5.74, 6) is -5.00. The van der Waals surface area contributed by atoms with Crippen LogP contribution in [0.15, 0.2) is 90.1 Å². The molecule has 0 saturated carbocycles. The van der Waals surface area contributed by atoms with Crippen molar-refractivity contribution >= 4 is 29.2 Å². The van der Waals surface area contributed by atoms with Gasteiger partial charge in [0.2, 0.25) is 11.8 Å². The number of nitrogens with zero attached hydrogens (tertiary/aromatic N) is 3. The van der Waals surface area contributed by atoms with Crippen LogP contribution in [0.3, 0.4) is 0 Å². The molecule has 0 aliphatic carbocycles. The van der Waals surface area contributed by atoms with Crippen molar-refractivity contribution in [3.63, 3.8) is 0 Å². The molecular formula is C31H26F3N3O4. The van der Waals surface area contributed by atoms with E-state index in [1.807, 2.05) is 6.07 Å². The number of carbonyl (C=O) groups excluding carboxylic acids is 3. The number of esters is 1. The van der Waals surface area contributed by atoms with E-state index in [-0.39, 0.29) is 23.6 Å². The van der Waals surface area contributed by atoms with E-state index in [0.29, 0.717) is 16.8 Å². The van der Waals surface area contributed by atoms with E-state index in [4.69, 9.17) is 4.74 Å². The molecule has 1 heterocycles. The van der Waals surface area contributed by atoms with E-state index in [0.717, 1.165) is 23.1 Å². The number of hydrogen-bond acceptors (Lipinski definition) is 5. The van der Waals surface area contributed by atoms with Crippen LogP contribution in [0, 0.1) is 17.2 Å². The number of anilines is 2. The zero-order valence-electron chi connectivity index (χ0n) is 22.5. The second-order valence-electron chi connectivity index (χ2n) is 9.36. The van der Waals surface area contributed by atoms with Gasteiger partial charge >= 0.3 is 12.1 Å². The zero-order valence-corrected chi connectivity index (χ0v) is 22.5. The van der Waals surface area contributed by atoms with Gasteiger partial charge in [-0.05, 0) is 61.9 Å². The van der Waals surface area contributed by atoms with Gasteiger partial charge in [0.05, 0.1) is 29.4 Å². The highest BCUT2D eigenvalue weighted by Crippen LogP contribution is 2.44. The van der Waals surface area contributed by atoms with Crippen molar-refractivity contribution in [2.45, 2.75) is 25.9 Å². The average molecular weight is 562 g/mol. The van der Waals surface area contributed by atoms with Crippen LogP contribution < -0.4 is 9.80 Å². The third-order valence-corrected chi connectivity index (χ3v) is 6.92. The van der Waals surface area contributed by atoms with Crippen molar-refractivity contribution in [3.05, 3.63) is 107 Å². The van der Waals surface area contributed by atoms with E-state index in [9.17, 15) is 32.8 Å². The first-order valence-corrected chi connectivity index (χ1v) is 12.7. The summed E-state index contributed by atoms with van der Waals surface area (Å²) in [5.41, 5.74) is 0.0298. The van der Waals surface area contributed by atoms with Gasteiger partial charge in [0.1, 0.15) is 5.92 Å². The van der Waals surface area contributed by atoms with E-state index in [2.05, 4.69) is 0 Å². The van der Waals surface area contributed by atoms with Gasteiger partial charge in [-0.2, -0.15) is 18.4 Å². The molecule has 0 aromatic heterocycles. The van der Waals surface area contributed by atoms with Crippen LogP contribution >= 0.6 is 0 Å². The fourth-order valence-corrected chi connectivity index (χ4v) is 4.94. The SMILES string of the molecule is CCOC(=O)C1=C(C)N(c2cccc(C(F)(F)F)c2)C(=O)C(C(=O)N(C)c2ccccc2)C1c1ccc(C#N)cc1. The Hall–Kier alpha value is -4.91. The Balaban J connectivity index is 1.98. The normalized spacial score (nSPS) is 17.2. The summed E-state index contributed by atoms with van der Waals surface area (Å²) >= 11 is 0. The number of amides is 2. The van der Waals surface area contributed by atoms with Crippen LogP contribution in [-0.4, -0.2) is 31.4 Å². The summed E-state index contributed by atoms with van der Waals surface area (Å²) in [6.07, 6.45) is -4.69. The third-order valence-electron chi connectivity index (χ3n) is 6.92. The lowest BCUT2D eigenvalue weighted by Crippen LogP contribution is -2.51. The van der Waals surface area contributed by atoms with Crippen LogP contribution in [0.4, 0.5) is 24.5 Å². The molecule has 4 rings (SSSR count). The molecule has 10 heteroatoms. The molecule has 0 bridgehead atoms. The number of allylic oxidation sites excluding steroid dienone is 1. The smallest absolute Gasteiger partial charge is 0.416 e. The number of hydrogen-bond donors (Lipinski definition) is 0. The van der Waals surface area contributed by atoms with Crippen LogP contribution in [0.25, 0.3) is 0 Å². The second-order valence-corrected chi connectivity index (χ2v) is 9.36. The molecule has 0 N–H and O–H groups in total. The van der Waals surface area contributed by atoms with Gasteiger partial charge in [-0.1, -0.05) is 36.4 Å². The van der Waals surface area contributed by atoms with Crippen molar-refractivity contribution in [3.8, 4) is 6.07 Å². The average Bonchev–Trinajstić information content (AvgIpc) is 2.96. The third kappa shape index (κ3) is 5.70. The van der Waals surface area contributed by atoms with Crippen LogP contribution in [0.1, 0.15) is 36.5 Å². The minimum absolute atomic E-state index is 0.0181. The molecule has 0 fully saturated rings. The number of ether oxygens (including phenoxy) is 1. The van der Waals surface area contributed by atoms with E-state index in [1.165, 1.54) is 37.1 Å². The summed E-state index contributed by atoms with van der Waals surface area (Å²) in [6, 6.07) is 20.7. The van der Waals surface area contributed by atoms with E-state index >= 15 is 0 Å². The number of nitriles is 1. The monoisotopic (exact) mass is 561 g/mol. The highest BCUT2D eigenvalue weighted by Gasteiger charge is 2.50. The van der Waals surface area contributed by atoms with Crippen LogP contribution in [0.2, 0.25) is 0 Å². The van der Waals surface area contributed by atoms with Crippen molar-refractivity contribution in [2.75, 3.05) is 23.5 Å². The van der Waals surface area contributed by atoms with E-state index in [1.54, 1.807) is 49.4 Å². The second kappa shape index (κ2) is 11.7. The molecule has 1 aliphatic heterocycles. The predicted octanol–water partition coefficient (Wildman–Crippen LogP) is 5.82. The molecule has 2 unspecified atom stereocenters. The number of rotatable bonds is 6. The lowest BCUT2D eigenvalue weighted by molar-refractivity contribution is -0.140. The molecule has 3 aromatic rings. The van der Waals surface area contributed by atoms with Gasteiger partial charge in [-0.15, -0.1) is 0 Å². The van der Waals surface area contributed by atoms with Crippen LogP contribution in [0.5, 0.6) is 0 Å². The van der Waals surface area contributed by atoms with Gasteiger partial charge in [-0.3, -0.25) is 14.5 Å². The number of alkyl halides is 3. The first-order valence-electron chi connectivity index (χ1n) is 12.7. The first kappa shape index (κ1) is 29.1. The lowest BCUT2D eigenvalue weighted by Gasteiger charge is -2.40. The minimum Gasteiger partial charge on any atom is -0.463 e. The summed E-state index contributed by atoms with van der Waals surface area (Å²) in [7, 11) is 1.48. The number of carbonyl (C=O) groups is 3. The molecule has 210 valence electrons. The quantitative estimate of drug-likeness (QED) is 0.279. The molecule has 0 radical (unpaired) electrons. The standard InChI is InChI=1S/C31H26F3N3O4/c1-4-41-30(40)25-19(2)37(24-12-8-9-22(17-24)31(32,33)34)29(39)27(26(25)21-15-13-20(18-35)14-16-21)28(38)36(3)23-10-6-5-7-11-23/h5-17,26-27H,4H2,1-3H3. The largest absolute Gasteiger partial charge is 0.463 e. The molecule has 7 nitrogen and oxygen atoms in total. The molecule has 41 heavy (non-hydrogen) atoms. The number of halogens is 3. The van der Waals surface area contributed by atoms with Crippen molar-refractivity contribution in [1.29, 1.82) is 5.26 Å².